The first-order chi connectivity index (χ1) is 18.6. The summed E-state index contributed by atoms with van der Waals surface area (Å²) in [6, 6.07) is 7.80. The lowest BCUT2D eigenvalue weighted by Gasteiger charge is -2.63. The van der Waals surface area contributed by atoms with Gasteiger partial charge in [0.05, 0.1) is 29.9 Å². The molecule has 0 unspecified atom stereocenters. The molecule has 0 saturated heterocycles. The van der Waals surface area contributed by atoms with Crippen LogP contribution in [0.3, 0.4) is 0 Å². The van der Waals surface area contributed by atoms with Crippen LogP contribution in [0.15, 0.2) is 18.2 Å². The van der Waals surface area contributed by atoms with E-state index in [1.54, 1.807) is 6.07 Å². The number of fused-ring (bicyclic) bond motifs is 6. The molecule has 6 nitrogen and oxygen atoms in total. The zero-order valence-electron chi connectivity index (χ0n) is 23.9. The van der Waals surface area contributed by atoms with Crippen LogP contribution in [0, 0.1) is 57.7 Å². The summed E-state index contributed by atoms with van der Waals surface area (Å²) in [4.78, 5) is 15.2. The summed E-state index contributed by atoms with van der Waals surface area (Å²) in [7, 11) is 0. The number of aliphatic hydroxyl groups excluding tert-OH is 3. The third-order valence-electron chi connectivity index (χ3n) is 12.7. The second kappa shape index (κ2) is 9.86. The highest BCUT2D eigenvalue weighted by molar-refractivity contribution is 5.95. The van der Waals surface area contributed by atoms with Gasteiger partial charge in [-0.3, -0.25) is 4.79 Å². The van der Waals surface area contributed by atoms with Crippen molar-refractivity contribution >= 4 is 11.6 Å². The number of aliphatic hydroxyl groups is 3. The molecule has 5 aliphatic rings. The van der Waals surface area contributed by atoms with Crippen molar-refractivity contribution in [3.63, 3.8) is 0 Å². The summed E-state index contributed by atoms with van der Waals surface area (Å²) < 4.78 is 0. The van der Waals surface area contributed by atoms with Gasteiger partial charge in [-0.25, -0.2) is 0 Å². The van der Waals surface area contributed by atoms with Crippen LogP contribution in [0.2, 0.25) is 0 Å². The molecule has 6 heteroatoms. The van der Waals surface area contributed by atoms with E-state index in [1.165, 1.54) is 0 Å². The number of carbonyl (C=O) groups excluding carboxylic acids is 1. The Hall–Kier alpha value is -1.94. The molecule has 4 fully saturated rings. The summed E-state index contributed by atoms with van der Waals surface area (Å²) in [5.41, 5.74) is 2.51. The Kier molecular flexibility index (Phi) is 6.88. The van der Waals surface area contributed by atoms with Gasteiger partial charge >= 0.3 is 0 Å². The molecular formula is C33H46N2O4. The fourth-order valence-corrected chi connectivity index (χ4v) is 10.5. The monoisotopic (exact) mass is 534 g/mol. The minimum Gasteiger partial charge on any atom is -0.393 e. The highest BCUT2D eigenvalue weighted by Gasteiger charge is 2.65. The Labute approximate surface area is 233 Å². The van der Waals surface area contributed by atoms with Crippen molar-refractivity contribution in [2.24, 2.45) is 46.3 Å². The first-order valence-corrected chi connectivity index (χ1v) is 15.5. The van der Waals surface area contributed by atoms with Crippen LogP contribution in [0.5, 0.6) is 0 Å². The lowest BCUT2D eigenvalue weighted by atomic mass is 9.43. The summed E-state index contributed by atoms with van der Waals surface area (Å²) in [6.45, 7) is 7.60. The molecule has 1 aromatic rings. The third kappa shape index (κ3) is 4.18. The van der Waals surface area contributed by atoms with Crippen LogP contribution in [-0.4, -0.2) is 46.1 Å². The van der Waals surface area contributed by atoms with E-state index in [0.717, 1.165) is 69.0 Å². The SMILES string of the molecule is C[C@H](CCC(=O)N1CCc2cc(C#N)ccc21)[C@H]1CC[C@H]2[C@@H]3[C@H](O)C[C@@H]4C[C@H](O)CC[C@]4(C)[C@H]3C[C@H](O)[C@]12C. The van der Waals surface area contributed by atoms with Crippen LogP contribution in [0.25, 0.3) is 0 Å². The topological polar surface area (TPSA) is 105 Å². The molecule has 3 N–H and O–H groups in total. The van der Waals surface area contributed by atoms with Crippen molar-refractivity contribution in [2.75, 3.05) is 11.4 Å². The van der Waals surface area contributed by atoms with Crippen LogP contribution in [0.1, 0.15) is 89.7 Å². The normalized spacial score (nSPS) is 43.6. The number of carbonyl (C=O) groups is 1. The molecule has 0 aromatic heterocycles. The van der Waals surface area contributed by atoms with Crippen molar-refractivity contribution in [2.45, 2.75) is 103 Å². The maximum Gasteiger partial charge on any atom is 0.227 e. The number of anilines is 1. The Morgan fingerprint density at radius 2 is 1.92 bits per heavy atom. The van der Waals surface area contributed by atoms with Crippen molar-refractivity contribution in [3.8, 4) is 6.07 Å². The van der Waals surface area contributed by atoms with Gasteiger partial charge in [0.15, 0.2) is 0 Å². The molecule has 212 valence electrons. The standard InChI is InChI=1S/C33H46N2O4/c1-19(4-9-30(39)35-13-11-21-14-20(18-34)5-8-27(21)35)24-6-7-25-31-26(17-29(38)33(24,25)3)32(2)12-10-23(36)15-22(32)16-28(31)37/h5,8,14,19,22-26,28-29,31,36-38H,4,6-7,9-13,15-17H2,1-3H3/t19-,22+,23-,24-,25+,26+,28-,29+,31+,32+,33-/m1/s1. The Morgan fingerprint density at radius 3 is 2.69 bits per heavy atom. The lowest BCUT2D eigenvalue weighted by Crippen LogP contribution is -2.62. The van der Waals surface area contributed by atoms with Gasteiger partial charge in [0.2, 0.25) is 5.91 Å². The molecule has 4 saturated carbocycles. The van der Waals surface area contributed by atoms with E-state index < -0.39 is 6.10 Å². The number of hydrogen-bond acceptors (Lipinski definition) is 5. The Balaban J connectivity index is 1.15. The molecule has 4 aliphatic carbocycles. The molecule has 1 heterocycles. The van der Waals surface area contributed by atoms with E-state index in [-0.39, 0.29) is 34.9 Å². The largest absolute Gasteiger partial charge is 0.393 e. The molecular weight excluding hydrogens is 488 g/mol. The maximum absolute atomic E-state index is 13.3. The Bertz CT molecular complexity index is 1160. The number of amides is 1. The molecule has 1 aliphatic heterocycles. The highest BCUT2D eigenvalue weighted by atomic mass is 16.3. The highest BCUT2D eigenvalue weighted by Crippen LogP contribution is 2.68. The number of nitrogens with zero attached hydrogens (tertiary/aromatic N) is 2. The van der Waals surface area contributed by atoms with Gasteiger partial charge < -0.3 is 20.2 Å². The third-order valence-corrected chi connectivity index (χ3v) is 12.7. The average molecular weight is 535 g/mol. The molecule has 39 heavy (non-hydrogen) atoms. The van der Waals surface area contributed by atoms with E-state index in [1.807, 2.05) is 17.0 Å². The van der Waals surface area contributed by atoms with E-state index >= 15 is 0 Å². The van der Waals surface area contributed by atoms with Gasteiger partial charge in [0.25, 0.3) is 0 Å². The van der Waals surface area contributed by atoms with Gasteiger partial charge in [0, 0.05) is 18.7 Å². The molecule has 6 rings (SSSR count). The van der Waals surface area contributed by atoms with Crippen molar-refractivity contribution in [1.82, 2.24) is 0 Å². The minimum atomic E-state index is -0.399. The molecule has 11 atom stereocenters. The second-order valence-electron chi connectivity index (χ2n) is 14.3. The number of hydrogen-bond donors (Lipinski definition) is 3. The first kappa shape index (κ1) is 27.2. The zero-order chi connectivity index (χ0) is 27.7. The van der Waals surface area contributed by atoms with Gasteiger partial charge in [-0.05, 0) is 128 Å². The second-order valence-corrected chi connectivity index (χ2v) is 14.3. The van der Waals surface area contributed by atoms with Gasteiger partial charge in [0.1, 0.15) is 0 Å². The minimum absolute atomic E-state index is 0.0849. The van der Waals surface area contributed by atoms with Crippen LogP contribution >= 0.6 is 0 Å². The molecule has 0 radical (unpaired) electrons. The van der Waals surface area contributed by atoms with Crippen molar-refractivity contribution < 1.29 is 20.1 Å². The molecule has 1 aromatic carbocycles. The fraction of sp³-hybridized carbons (Fsp3) is 0.758. The fourth-order valence-electron chi connectivity index (χ4n) is 10.5. The lowest BCUT2D eigenvalue weighted by molar-refractivity contribution is -0.207. The van der Waals surface area contributed by atoms with Crippen LogP contribution < -0.4 is 4.90 Å². The van der Waals surface area contributed by atoms with Crippen molar-refractivity contribution in [3.05, 3.63) is 29.3 Å². The molecule has 0 bridgehead atoms. The smallest absolute Gasteiger partial charge is 0.227 e. The maximum atomic E-state index is 13.3. The zero-order valence-corrected chi connectivity index (χ0v) is 23.9. The van der Waals surface area contributed by atoms with Gasteiger partial charge in [-0.1, -0.05) is 20.8 Å². The number of benzene rings is 1. The molecule has 0 spiro atoms. The Morgan fingerprint density at radius 1 is 1.13 bits per heavy atom. The van der Waals surface area contributed by atoms with Crippen LogP contribution in [0.4, 0.5) is 5.69 Å². The van der Waals surface area contributed by atoms with Crippen LogP contribution in [-0.2, 0) is 11.2 Å². The van der Waals surface area contributed by atoms with Gasteiger partial charge in [-0.2, -0.15) is 5.26 Å². The number of nitriles is 1. The summed E-state index contributed by atoms with van der Waals surface area (Å²) in [6.07, 6.45) is 7.29. The van der Waals surface area contributed by atoms with E-state index in [9.17, 15) is 25.4 Å². The molecule has 1 amide bonds. The summed E-state index contributed by atoms with van der Waals surface area (Å²) >= 11 is 0. The van der Waals surface area contributed by atoms with E-state index in [4.69, 9.17) is 0 Å². The first-order valence-electron chi connectivity index (χ1n) is 15.5. The van der Waals surface area contributed by atoms with E-state index in [2.05, 4.69) is 26.8 Å². The predicted molar refractivity (Wildman–Crippen MR) is 150 cm³/mol. The quantitative estimate of drug-likeness (QED) is 0.514. The van der Waals surface area contributed by atoms with Crippen molar-refractivity contribution in [1.29, 1.82) is 5.26 Å². The van der Waals surface area contributed by atoms with E-state index in [0.29, 0.717) is 48.1 Å². The van der Waals surface area contributed by atoms with Gasteiger partial charge in [-0.15, -0.1) is 0 Å². The summed E-state index contributed by atoms with van der Waals surface area (Å²) in [5, 5.41) is 42.8. The average Bonchev–Trinajstić information content (AvgIpc) is 3.50. The number of rotatable bonds is 4. The summed E-state index contributed by atoms with van der Waals surface area (Å²) in [5.74, 6) is 1.95. The predicted octanol–water partition coefficient (Wildman–Crippen LogP) is 4.83.